The number of hydrogen-bond acceptors (Lipinski definition) is 2. The number of thiocarbonyl (C=S) groups is 1. The van der Waals surface area contributed by atoms with Crippen LogP contribution in [0.15, 0.2) is 4.99 Å². The van der Waals surface area contributed by atoms with Gasteiger partial charge in [-0.3, -0.25) is 0 Å². The predicted molar refractivity (Wildman–Crippen MR) is 78.9 cm³/mol. The van der Waals surface area contributed by atoms with Crippen molar-refractivity contribution in [3.63, 3.8) is 0 Å². The molecule has 0 saturated carbocycles. The van der Waals surface area contributed by atoms with Gasteiger partial charge in [0.15, 0.2) is 0 Å². The summed E-state index contributed by atoms with van der Waals surface area (Å²) in [7, 11) is 0. The summed E-state index contributed by atoms with van der Waals surface area (Å²) in [5.74, 6) is 0. The van der Waals surface area contributed by atoms with Crippen LogP contribution < -0.4 is 0 Å². The van der Waals surface area contributed by atoms with E-state index in [9.17, 15) is 0 Å². The first-order valence-electron chi connectivity index (χ1n) is 6.45. The van der Waals surface area contributed by atoms with Crippen molar-refractivity contribution in [2.45, 2.75) is 71.1 Å². The van der Waals surface area contributed by atoms with E-state index in [4.69, 9.17) is 0 Å². The third kappa shape index (κ3) is 17.2. The molecule has 0 unspecified atom stereocenters. The number of aliphatic imine (C=N–C) groups is 1. The molecule has 0 spiro atoms. The number of rotatable bonds is 11. The molecule has 3 heteroatoms. The summed E-state index contributed by atoms with van der Waals surface area (Å²) in [5, 5.41) is 2.41. The van der Waals surface area contributed by atoms with Crippen molar-refractivity contribution in [1.82, 2.24) is 0 Å². The molecule has 0 N–H and O–H groups in total. The summed E-state index contributed by atoms with van der Waals surface area (Å²) in [6.45, 7) is 3.14. The Balaban J connectivity index is 0. The van der Waals surface area contributed by atoms with E-state index in [2.05, 4.69) is 29.3 Å². The van der Waals surface area contributed by atoms with Gasteiger partial charge in [0.05, 0.1) is 5.16 Å². The molecule has 0 aromatic carbocycles. The van der Waals surface area contributed by atoms with E-state index in [-0.39, 0.29) is 29.6 Å². The van der Waals surface area contributed by atoms with Crippen LogP contribution in [0.25, 0.3) is 0 Å². The normalized spacial score (nSPS) is 9.31. The first-order valence-corrected chi connectivity index (χ1v) is 6.86. The zero-order valence-electron chi connectivity index (χ0n) is 10.1. The summed E-state index contributed by atoms with van der Waals surface area (Å²) in [6, 6.07) is 0. The summed E-state index contributed by atoms with van der Waals surface area (Å²) >= 11 is 4.51. The Morgan fingerprint density at radius 1 is 0.812 bits per heavy atom. The van der Waals surface area contributed by atoms with Crippen LogP contribution in [0.5, 0.6) is 0 Å². The van der Waals surface area contributed by atoms with Crippen molar-refractivity contribution in [3.05, 3.63) is 0 Å². The molecule has 0 radical (unpaired) electrons. The standard InChI is InChI=1S/C13H25NS.Na.H/c1-2-3-4-5-6-7-8-9-10-11-12-14-13-15;;/h2-12H2,1H3;;. The maximum absolute atomic E-state index is 4.51. The molecule has 16 heavy (non-hydrogen) atoms. The van der Waals surface area contributed by atoms with Crippen molar-refractivity contribution in [1.29, 1.82) is 0 Å². The SMILES string of the molecule is CCCCCCCCCCCCN=C=S.[NaH]. The molecule has 0 aliphatic carbocycles. The van der Waals surface area contributed by atoms with Crippen LogP contribution in [0.2, 0.25) is 0 Å². The van der Waals surface area contributed by atoms with Crippen LogP contribution >= 0.6 is 12.2 Å². The van der Waals surface area contributed by atoms with Gasteiger partial charge in [0.2, 0.25) is 0 Å². The Hall–Kier alpha value is 0.800. The average Bonchev–Trinajstić information content (AvgIpc) is 2.26. The molecule has 90 valence electrons. The first kappa shape index (κ1) is 19.1. The quantitative estimate of drug-likeness (QED) is 0.230. The zero-order valence-corrected chi connectivity index (χ0v) is 11.0. The first-order chi connectivity index (χ1) is 7.41. The molecule has 0 rings (SSSR count). The number of hydrogen-bond donors (Lipinski definition) is 0. The molecule has 0 atom stereocenters. The third-order valence-corrected chi connectivity index (χ3v) is 2.82. The minimum atomic E-state index is 0. The van der Waals surface area contributed by atoms with Crippen molar-refractivity contribution >= 4 is 46.9 Å². The predicted octanol–water partition coefficient (Wildman–Crippen LogP) is 4.36. The molecule has 0 aliphatic rings. The summed E-state index contributed by atoms with van der Waals surface area (Å²) in [6.07, 6.45) is 13.7. The fourth-order valence-electron chi connectivity index (χ4n) is 1.72. The van der Waals surface area contributed by atoms with Crippen LogP contribution in [-0.4, -0.2) is 41.3 Å². The molecular formula is C13H26NNaS. The van der Waals surface area contributed by atoms with E-state index >= 15 is 0 Å². The number of nitrogens with zero attached hydrogens (tertiary/aromatic N) is 1. The van der Waals surface area contributed by atoms with E-state index in [1.807, 2.05) is 0 Å². The second-order valence-electron chi connectivity index (χ2n) is 4.15. The van der Waals surface area contributed by atoms with Gasteiger partial charge in [-0.2, -0.15) is 0 Å². The second kappa shape index (κ2) is 18.2. The van der Waals surface area contributed by atoms with Gasteiger partial charge in [-0.1, -0.05) is 64.7 Å². The fourth-order valence-corrected chi connectivity index (χ4v) is 1.82. The van der Waals surface area contributed by atoms with Gasteiger partial charge in [-0.05, 0) is 18.6 Å². The van der Waals surface area contributed by atoms with Crippen molar-refractivity contribution in [2.75, 3.05) is 6.54 Å². The second-order valence-corrected chi connectivity index (χ2v) is 4.34. The molecule has 0 aromatic heterocycles. The Bertz CT molecular complexity index is 167. The van der Waals surface area contributed by atoms with Gasteiger partial charge in [0, 0.05) is 6.54 Å². The van der Waals surface area contributed by atoms with Gasteiger partial charge >= 0.3 is 29.6 Å². The maximum atomic E-state index is 4.51. The van der Waals surface area contributed by atoms with E-state index in [0.717, 1.165) is 6.54 Å². The van der Waals surface area contributed by atoms with Crippen LogP contribution in [0.3, 0.4) is 0 Å². The van der Waals surface area contributed by atoms with Crippen LogP contribution in [0.4, 0.5) is 0 Å². The minimum absolute atomic E-state index is 0. The monoisotopic (exact) mass is 251 g/mol. The van der Waals surface area contributed by atoms with E-state index in [0.29, 0.717) is 0 Å². The number of unbranched alkanes of at least 4 members (excludes halogenated alkanes) is 9. The van der Waals surface area contributed by atoms with Gasteiger partial charge in [0.25, 0.3) is 0 Å². The molecule has 0 heterocycles. The van der Waals surface area contributed by atoms with Crippen molar-refractivity contribution in [2.24, 2.45) is 4.99 Å². The summed E-state index contributed by atoms with van der Waals surface area (Å²) < 4.78 is 0. The molecule has 0 aliphatic heterocycles. The third-order valence-electron chi connectivity index (χ3n) is 2.69. The summed E-state index contributed by atoms with van der Waals surface area (Å²) in [4.78, 5) is 3.90. The molecule has 0 aromatic rings. The van der Waals surface area contributed by atoms with E-state index in [1.54, 1.807) is 0 Å². The fraction of sp³-hybridized carbons (Fsp3) is 0.923. The Kier molecular flexibility index (Phi) is 21.7. The van der Waals surface area contributed by atoms with Crippen molar-refractivity contribution in [3.8, 4) is 0 Å². The Morgan fingerprint density at radius 3 is 1.69 bits per heavy atom. The average molecular weight is 251 g/mol. The molecular weight excluding hydrogens is 225 g/mol. The Morgan fingerprint density at radius 2 is 1.25 bits per heavy atom. The molecule has 1 nitrogen and oxygen atoms in total. The van der Waals surface area contributed by atoms with Crippen LogP contribution in [0.1, 0.15) is 71.1 Å². The van der Waals surface area contributed by atoms with Crippen LogP contribution in [0, 0.1) is 0 Å². The van der Waals surface area contributed by atoms with E-state index < -0.39 is 0 Å². The van der Waals surface area contributed by atoms with Gasteiger partial charge in [-0.25, -0.2) is 4.99 Å². The number of isothiocyanates is 1. The molecule has 0 saturated heterocycles. The molecule has 0 bridgehead atoms. The molecule has 0 amide bonds. The topological polar surface area (TPSA) is 12.4 Å². The van der Waals surface area contributed by atoms with Gasteiger partial charge in [-0.15, -0.1) is 0 Å². The Labute approximate surface area is 129 Å². The zero-order chi connectivity index (χ0) is 11.2. The van der Waals surface area contributed by atoms with Gasteiger partial charge < -0.3 is 0 Å². The molecule has 0 fully saturated rings. The summed E-state index contributed by atoms with van der Waals surface area (Å²) in [5.41, 5.74) is 0. The van der Waals surface area contributed by atoms with Crippen LogP contribution in [-0.2, 0) is 0 Å². The van der Waals surface area contributed by atoms with Crippen molar-refractivity contribution < 1.29 is 0 Å². The van der Waals surface area contributed by atoms with Gasteiger partial charge in [0.1, 0.15) is 0 Å². The van der Waals surface area contributed by atoms with E-state index in [1.165, 1.54) is 64.2 Å².